The molecule has 0 fully saturated rings. The summed E-state index contributed by atoms with van der Waals surface area (Å²) in [4.78, 5) is 13.1. The average molecular weight is 253 g/mol. The molecule has 0 atom stereocenters. The molecule has 0 aromatic carbocycles. The van der Waals surface area contributed by atoms with Crippen LogP contribution in [-0.2, 0) is 6.42 Å². The molecule has 19 heavy (non-hydrogen) atoms. The van der Waals surface area contributed by atoms with E-state index in [0.717, 1.165) is 23.6 Å². The molecule has 0 amide bonds. The standard InChI is InChI=1S/C14H15N5/c1-10(2)9-13-17-14-16-8-6-12(19(14)18-13)11-5-3-4-7-15-11/h3-8,10H,9H2,1-2H3. The molecule has 0 bridgehead atoms. The van der Waals surface area contributed by atoms with E-state index in [0.29, 0.717) is 11.7 Å². The SMILES string of the molecule is CC(C)Cc1nc2nccc(-c3ccccn3)n2n1. The monoisotopic (exact) mass is 253 g/mol. The van der Waals surface area contributed by atoms with E-state index in [4.69, 9.17) is 0 Å². The fourth-order valence-corrected chi connectivity index (χ4v) is 2.00. The van der Waals surface area contributed by atoms with Crippen LogP contribution < -0.4 is 0 Å². The van der Waals surface area contributed by atoms with Crippen molar-refractivity contribution >= 4 is 5.78 Å². The van der Waals surface area contributed by atoms with Crippen LogP contribution in [0.1, 0.15) is 19.7 Å². The number of aromatic nitrogens is 5. The van der Waals surface area contributed by atoms with Crippen molar-refractivity contribution < 1.29 is 0 Å². The molecule has 96 valence electrons. The molecular formula is C14H15N5. The van der Waals surface area contributed by atoms with E-state index < -0.39 is 0 Å². The number of hydrogen-bond acceptors (Lipinski definition) is 4. The highest BCUT2D eigenvalue weighted by Gasteiger charge is 2.11. The third kappa shape index (κ3) is 2.31. The fourth-order valence-electron chi connectivity index (χ4n) is 2.00. The Morgan fingerprint density at radius 2 is 2.00 bits per heavy atom. The van der Waals surface area contributed by atoms with Gasteiger partial charge in [0.25, 0.3) is 5.78 Å². The van der Waals surface area contributed by atoms with Crippen LogP contribution in [-0.4, -0.2) is 24.6 Å². The molecule has 3 heterocycles. The van der Waals surface area contributed by atoms with Crippen molar-refractivity contribution in [1.82, 2.24) is 24.6 Å². The lowest BCUT2D eigenvalue weighted by atomic mass is 10.1. The van der Waals surface area contributed by atoms with Crippen molar-refractivity contribution in [2.75, 3.05) is 0 Å². The summed E-state index contributed by atoms with van der Waals surface area (Å²) in [7, 11) is 0. The van der Waals surface area contributed by atoms with E-state index in [2.05, 4.69) is 33.9 Å². The first-order valence-corrected chi connectivity index (χ1v) is 6.36. The molecule has 0 unspecified atom stereocenters. The summed E-state index contributed by atoms with van der Waals surface area (Å²) >= 11 is 0. The van der Waals surface area contributed by atoms with Gasteiger partial charge < -0.3 is 0 Å². The number of pyridine rings is 1. The summed E-state index contributed by atoms with van der Waals surface area (Å²) in [5.74, 6) is 1.97. The third-order valence-corrected chi connectivity index (χ3v) is 2.80. The van der Waals surface area contributed by atoms with Crippen molar-refractivity contribution in [2.24, 2.45) is 5.92 Å². The minimum Gasteiger partial charge on any atom is -0.255 e. The Morgan fingerprint density at radius 1 is 1.11 bits per heavy atom. The summed E-state index contributed by atoms with van der Waals surface area (Å²) in [6.07, 6.45) is 4.37. The van der Waals surface area contributed by atoms with Crippen LogP contribution in [0.3, 0.4) is 0 Å². The van der Waals surface area contributed by atoms with Crippen molar-refractivity contribution in [3.05, 3.63) is 42.5 Å². The van der Waals surface area contributed by atoms with Gasteiger partial charge >= 0.3 is 0 Å². The predicted octanol–water partition coefficient (Wildman–Crippen LogP) is 2.38. The van der Waals surface area contributed by atoms with Gasteiger partial charge in [-0.2, -0.15) is 9.50 Å². The number of rotatable bonds is 3. The Morgan fingerprint density at radius 3 is 2.74 bits per heavy atom. The molecule has 0 aliphatic heterocycles. The largest absolute Gasteiger partial charge is 0.255 e. The molecule has 0 saturated heterocycles. The summed E-state index contributed by atoms with van der Waals surface area (Å²) in [6.45, 7) is 4.30. The predicted molar refractivity (Wildman–Crippen MR) is 72.6 cm³/mol. The topological polar surface area (TPSA) is 56.0 Å². The maximum atomic E-state index is 4.53. The zero-order valence-corrected chi connectivity index (χ0v) is 11.0. The molecule has 5 nitrogen and oxygen atoms in total. The van der Waals surface area contributed by atoms with Crippen LogP contribution in [0.15, 0.2) is 36.7 Å². The summed E-state index contributed by atoms with van der Waals surface area (Å²) in [5.41, 5.74) is 1.78. The fraction of sp³-hybridized carbons (Fsp3) is 0.286. The molecule has 3 aromatic heterocycles. The van der Waals surface area contributed by atoms with Crippen molar-refractivity contribution in [2.45, 2.75) is 20.3 Å². The van der Waals surface area contributed by atoms with E-state index >= 15 is 0 Å². The molecule has 5 heteroatoms. The van der Waals surface area contributed by atoms with E-state index in [1.807, 2.05) is 24.3 Å². The Labute approximate surface area is 111 Å². The quantitative estimate of drug-likeness (QED) is 0.719. The van der Waals surface area contributed by atoms with Gasteiger partial charge in [-0.1, -0.05) is 19.9 Å². The van der Waals surface area contributed by atoms with E-state index in [1.54, 1.807) is 16.9 Å². The molecule has 0 aliphatic carbocycles. The number of nitrogens with zero attached hydrogens (tertiary/aromatic N) is 5. The molecule has 0 aliphatic rings. The lowest BCUT2D eigenvalue weighted by Gasteiger charge is -2.01. The van der Waals surface area contributed by atoms with Crippen LogP contribution in [0, 0.1) is 5.92 Å². The lowest BCUT2D eigenvalue weighted by molar-refractivity contribution is 0.620. The molecule has 0 N–H and O–H groups in total. The normalized spacial score (nSPS) is 11.3. The van der Waals surface area contributed by atoms with Crippen LogP contribution in [0.4, 0.5) is 0 Å². The Kier molecular flexibility index (Phi) is 2.95. The smallest absolute Gasteiger partial charge is 0.252 e. The zero-order chi connectivity index (χ0) is 13.2. The highest BCUT2D eigenvalue weighted by Crippen LogP contribution is 2.16. The third-order valence-electron chi connectivity index (χ3n) is 2.80. The summed E-state index contributed by atoms with van der Waals surface area (Å²) in [5, 5.41) is 4.53. The van der Waals surface area contributed by atoms with Gasteiger partial charge in [-0.25, -0.2) is 4.98 Å². The molecular weight excluding hydrogens is 238 g/mol. The zero-order valence-electron chi connectivity index (χ0n) is 11.0. The van der Waals surface area contributed by atoms with E-state index in [1.165, 1.54) is 0 Å². The number of fused-ring (bicyclic) bond motifs is 1. The van der Waals surface area contributed by atoms with Crippen molar-refractivity contribution in [3.8, 4) is 11.4 Å². The second kappa shape index (κ2) is 4.76. The molecule has 3 rings (SSSR count). The highest BCUT2D eigenvalue weighted by molar-refractivity contribution is 5.56. The first-order chi connectivity index (χ1) is 9.24. The first-order valence-electron chi connectivity index (χ1n) is 6.36. The van der Waals surface area contributed by atoms with Crippen molar-refractivity contribution in [3.63, 3.8) is 0 Å². The van der Waals surface area contributed by atoms with Gasteiger partial charge in [0.05, 0.1) is 11.4 Å². The maximum Gasteiger partial charge on any atom is 0.252 e. The van der Waals surface area contributed by atoms with Gasteiger partial charge in [0, 0.05) is 18.8 Å². The molecule has 3 aromatic rings. The van der Waals surface area contributed by atoms with E-state index in [9.17, 15) is 0 Å². The number of hydrogen-bond donors (Lipinski definition) is 0. The maximum absolute atomic E-state index is 4.53. The van der Waals surface area contributed by atoms with Gasteiger partial charge in [-0.3, -0.25) is 4.98 Å². The van der Waals surface area contributed by atoms with Gasteiger partial charge in [-0.15, -0.1) is 5.10 Å². The van der Waals surface area contributed by atoms with Crippen LogP contribution in [0.2, 0.25) is 0 Å². The van der Waals surface area contributed by atoms with Gasteiger partial charge in [0.2, 0.25) is 0 Å². The molecule has 0 radical (unpaired) electrons. The molecule has 0 saturated carbocycles. The first kappa shape index (κ1) is 11.8. The van der Waals surface area contributed by atoms with Crippen LogP contribution >= 0.6 is 0 Å². The lowest BCUT2D eigenvalue weighted by Crippen LogP contribution is -1.99. The van der Waals surface area contributed by atoms with Crippen molar-refractivity contribution in [1.29, 1.82) is 0 Å². The van der Waals surface area contributed by atoms with Crippen LogP contribution in [0.5, 0.6) is 0 Å². The van der Waals surface area contributed by atoms with E-state index in [-0.39, 0.29) is 0 Å². The summed E-state index contributed by atoms with van der Waals surface area (Å²) < 4.78 is 1.76. The minimum atomic E-state index is 0.524. The Hall–Kier alpha value is -2.30. The van der Waals surface area contributed by atoms with Crippen LogP contribution in [0.25, 0.3) is 17.2 Å². The van der Waals surface area contributed by atoms with Gasteiger partial charge in [0.1, 0.15) is 0 Å². The minimum absolute atomic E-state index is 0.524. The average Bonchev–Trinajstić information content (AvgIpc) is 2.80. The van der Waals surface area contributed by atoms with Gasteiger partial charge in [-0.05, 0) is 24.1 Å². The summed E-state index contributed by atoms with van der Waals surface area (Å²) in [6, 6.07) is 7.72. The Bertz CT molecular complexity index is 687. The second-order valence-electron chi connectivity index (χ2n) is 4.88. The molecule has 0 spiro atoms. The second-order valence-corrected chi connectivity index (χ2v) is 4.88. The highest BCUT2D eigenvalue weighted by atomic mass is 15.3. The Balaban J connectivity index is 2.13. The van der Waals surface area contributed by atoms with Gasteiger partial charge in [0.15, 0.2) is 5.82 Å².